The molecule has 0 rings (SSSR count). The number of amides is 2. The smallest absolute Gasteiger partial charge is 0.407 e. The van der Waals surface area contributed by atoms with E-state index in [0.29, 0.717) is 18.9 Å². The number of rotatable bonds is 10. The molecule has 0 aliphatic heterocycles. The summed E-state index contributed by atoms with van der Waals surface area (Å²) in [4.78, 5) is 35.4. The highest BCUT2D eigenvalue weighted by molar-refractivity contribution is 7.97. The van der Waals surface area contributed by atoms with E-state index in [1.54, 1.807) is 34.6 Å². The molecule has 0 aromatic heterocycles. The molecule has 0 aromatic rings. The van der Waals surface area contributed by atoms with Crippen LogP contribution in [0.2, 0.25) is 0 Å². The van der Waals surface area contributed by atoms with Gasteiger partial charge in [0.15, 0.2) is 0 Å². The number of hydrogen-bond acceptors (Lipinski definition) is 5. The summed E-state index contributed by atoms with van der Waals surface area (Å²) < 4.78 is 10.9. The third-order valence-corrected chi connectivity index (χ3v) is 4.50. The molecule has 28 heavy (non-hydrogen) atoms. The summed E-state index contributed by atoms with van der Waals surface area (Å²) in [7, 11) is 0. The van der Waals surface area contributed by atoms with Crippen molar-refractivity contribution in [1.82, 2.24) is 10.6 Å². The predicted octanol–water partition coefficient (Wildman–Crippen LogP) is 2.90. The van der Waals surface area contributed by atoms with Crippen molar-refractivity contribution >= 4 is 34.7 Å². The molecule has 8 heteroatoms. The summed E-state index contributed by atoms with van der Waals surface area (Å²) in [6.45, 7) is 15.1. The van der Waals surface area contributed by atoms with E-state index >= 15 is 0 Å². The Morgan fingerprint density at radius 3 is 2.18 bits per heavy atom. The molecule has 0 aromatic carbocycles. The summed E-state index contributed by atoms with van der Waals surface area (Å²) >= 11 is 0.997. The van der Waals surface area contributed by atoms with Gasteiger partial charge in [0.2, 0.25) is 5.91 Å². The van der Waals surface area contributed by atoms with Gasteiger partial charge in [-0.2, -0.15) is 11.4 Å². The van der Waals surface area contributed by atoms with E-state index in [-0.39, 0.29) is 24.5 Å². The van der Waals surface area contributed by atoms with Crippen molar-refractivity contribution in [2.24, 2.45) is 11.3 Å². The van der Waals surface area contributed by atoms with Crippen LogP contribution >= 0.6 is 11.4 Å². The van der Waals surface area contributed by atoms with Crippen LogP contribution in [0.3, 0.4) is 0 Å². The van der Waals surface area contributed by atoms with Crippen molar-refractivity contribution in [3.8, 4) is 0 Å². The topological polar surface area (TPSA) is 93.7 Å². The van der Waals surface area contributed by atoms with Gasteiger partial charge in [0, 0.05) is 25.8 Å². The molecule has 2 N–H and O–H groups in total. The lowest BCUT2D eigenvalue weighted by atomic mass is 9.93. The Morgan fingerprint density at radius 1 is 1.07 bits per heavy atom. The van der Waals surface area contributed by atoms with Crippen molar-refractivity contribution in [2.45, 2.75) is 73.5 Å². The Labute approximate surface area is 173 Å². The molecular weight excluding hydrogens is 380 g/mol. The van der Waals surface area contributed by atoms with Gasteiger partial charge in [0.25, 0.3) is 0 Å². The standard InChI is InChI=1S/C20H38N2O5S/c1-14(2)11-16(12-28-10-9-21-15(3)23)26-17(24)20(7,8)13-22-18(25)27-19(4,5)6/h12,14,16,28H,9-11,13H2,1-8H3,(H,21,23)(H,22,25)/t16-/m0/s1. The zero-order chi connectivity index (χ0) is 22.0. The van der Waals surface area contributed by atoms with Gasteiger partial charge in [-0.1, -0.05) is 13.8 Å². The van der Waals surface area contributed by atoms with Crippen molar-refractivity contribution in [3.63, 3.8) is 0 Å². The molecule has 1 atom stereocenters. The maximum atomic E-state index is 12.6. The second kappa shape index (κ2) is 12.1. The lowest BCUT2D eigenvalue weighted by Crippen LogP contribution is -2.43. The number of nitrogens with one attached hydrogen (secondary N) is 2. The lowest BCUT2D eigenvalue weighted by Gasteiger charge is -2.27. The van der Waals surface area contributed by atoms with Crippen LogP contribution in [0.1, 0.15) is 61.8 Å². The first-order chi connectivity index (χ1) is 12.7. The fraction of sp³-hybridized carbons (Fsp3) is 0.800. The van der Waals surface area contributed by atoms with Crippen LogP contribution < -0.4 is 10.6 Å². The third-order valence-electron chi connectivity index (χ3n) is 3.47. The number of thiol groups is 1. The summed E-state index contributed by atoms with van der Waals surface area (Å²) in [5, 5.41) is 7.33. The minimum absolute atomic E-state index is 0.0559. The number of esters is 1. The van der Waals surface area contributed by atoms with Gasteiger partial charge in [-0.15, -0.1) is 0 Å². The van der Waals surface area contributed by atoms with Crippen LogP contribution in [0.15, 0.2) is 0 Å². The lowest BCUT2D eigenvalue weighted by molar-refractivity contribution is -0.156. The van der Waals surface area contributed by atoms with Crippen LogP contribution in [-0.2, 0) is 19.1 Å². The highest BCUT2D eigenvalue weighted by atomic mass is 32.1. The van der Waals surface area contributed by atoms with Gasteiger partial charge < -0.3 is 20.1 Å². The molecule has 0 aliphatic carbocycles. The molecule has 0 heterocycles. The molecule has 0 radical (unpaired) electrons. The van der Waals surface area contributed by atoms with Gasteiger partial charge in [-0.05, 0) is 52.3 Å². The van der Waals surface area contributed by atoms with E-state index in [1.165, 1.54) is 6.92 Å². The first-order valence-corrected chi connectivity index (χ1v) is 10.8. The average Bonchev–Trinajstić information content (AvgIpc) is 2.50. The largest absolute Gasteiger partial charge is 0.457 e. The molecule has 0 unspecified atom stereocenters. The van der Waals surface area contributed by atoms with Crippen molar-refractivity contribution in [3.05, 3.63) is 0 Å². The van der Waals surface area contributed by atoms with E-state index in [4.69, 9.17) is 9.47 Å². The van der Waals surface area contributed by atoms with E-state index in [9.17, 15) is 14.4 Å². The van der Waals surface area contributed by atoms with E-state index < -0.39 is 17.1 Å². The average molecular weight is 419 g/mol. The van der Waals surface area contributed by atoms with Gasteiger partial charge in [0.05, 0.1) is 5.41 Å². The molecular formula is C20H38N2O5S. The molecule has 7 nitrogen and oxygen atoms in total. The molecule has 2 amide bonds. The molecule has 0 spiro atoms. The SMILES string of the molecule is CC(=O)NCC[SH]=C[C@H](CC(C)C)OC(=O)C(C)(C)CNC(=O)OC(C)(C)C. The van der Waals surface area contributed by atoms with E-state index in [0.717, 1.165) is 17.1 Å². The number of ether oxygens (including phenoxy) is 2. The van der Waals surface area contributed by atoms with Crippen LogP contribution in [-0.4, -0.2) is 53.9 Å². The fourth-order valence-electron chi connectivity index (χ4n) is 2.07. The Bertz CT molecular complexity index is 553. The normalized spacial score (nSPS) is 13.6. The van der Waals surface area contributed by atoms with Crippen LogP contribution in [0.25, 0.3) is 0 Å². The Balaban J connectivity index is 4.73. The molecule has 0 aliphatic rings. The monoisotopic (exact) mass is 418 g/mol. The van der Waals surface area contributed by atoms with Gasteiger partial charge in [-0.3, -0.25) is 9.59 Å². The zero-order valence-corrected chi connectivity index (χ0v) is 19.4. The van der Waals surface area contributed by atoms with Crippen molar-refractivity contribution in [1.29, 1.82) is 0 Å². The zero-order valence-electron chi connectivity index (χ0n) is 18.5. The number of carbonyl (C=O) groups is 3. The van der Waals surface area contributed by atoms with Gasteiger partial charge in [-0.25, -0.2) is 4.79 Å². The quantitative estimate of drug-likeness (QED) is 0.219. The molecule has 0 fully saturated rings. The third kappa shape index (κ3) is 13.6. The second-order valence-electron chi connectivity index (χ2n) is 8.85. The molecule has 0 bridgehead atoms. The Kier molecular flexibility index (Phi) is 11.4. The van der Waals surface area contributed by atoms with Crippen molar-refractivity contribution in [2.75, 3.05) is 18.8 Å². The minimum Gasteiger partial charge on any atom is -0.457 e. The minimum atomic E-state index is -0.882. The summed E-state index contributed by atoms with van der Waals surface area (Å²) in [5.74, 6) is 0.694. The van der Waals surface area contributed by atoms with Gasteiger partial charge >= 0.3 is 12.1 Å². The maximum Gasteiger partial charge on any atom is 0.407 e. The number of hydrogen-bond donors (Lipinski definition) is 3. The molecule has 0 saturated heterocycles. The summed E-state index contributed by atoms with van der Waals surface area (Å²) in [6, 6.07) is 0. The summed E-state index contributed by atoms with van der Waals surface area (Å²) in [6.07, 6.45) is -0.156. The summed E-state index contributed by atoms with van der Waals surface area (Å²) in [5.41, 5.74) is -1.48. The molecule has 164 valence electrons. The van der Waals surface area contributed by atoms with E-state index in [2.05, 4.69) is 24.5 Å². The van der Waals surface area contributed by atoms with Crippen molar-refractivity contribution < 1.29 is 23.9 Å². The highest BCUT2D eigenvalue weighted by Crippen LogP contribution is 2.19. The van der Waals surface area contributed by atoms with E-state index in [1.807, 2.05) is 5.37 Å². The Morgan fingerprint density at radius 2 is 1.68 bits per heavy atom. The first-order valence-electron chi connectivity index (χ1n) is 9.65. The fourth-order valence-corrected chi connectivity index (χ4v) is 2.88. The van der Waals surface area contributed by atoms with Crippen LogP contribution in [0.4, 0.5) is 4.79 Å². The predicted molar refractivity (Wildman–Crippen MR) is 116 cm³/mol. The van der Waals surface area contributed by atoms with Crippen LogP contribution in [0, 0.1) is 11.3 Å². The Hall–Kier alpha value is -1.57. The van der Waals surface area contributed by atoms with Crippen LogP contribution in [0.5, 0.6) is 0 Å². The number of alkyl carbamates (subject to hydrolysis) is 1. The highest BCUT2D eigenvalue weighted by Gasteiger charge is 2.32. The molecule has 0 saturated carbocycles. The number of carbonyl (C=O) groups excluding carboxylic acids is 3. The second-order valence-corrected chi connectivity index (χ2v) is 9.96. The van der Waals surface area contributed by atoms with Gasteiger partial charge in [0.1, 0.15) is 11.7 Å². The maximum absolute atomic E-state index is 12.6. The first kappa shape index (κ1) is 26.4.